The smallest absolute Gasteiger partial charge is 0.457 e. The minimum Gasteiger partial charge on any atom is -0.457 e. The Morgan fingerprint density at radius 3 is 2.48 bits per heavy atom. The van der Waals surface area contributed by atoms with Gasteiger partial charge in [0, 0.05) is 25.2 Å². The molecule has 2 aliphatic rings. The third kappa shape index (κ3) is 5.87. The van der Waals surface area contributed by atoms with Crippen molar-refractivity contribution in [3.05, 3.63) is 59.4 Å². The molecule has 0 amide bonds. The van der Waals surface area contributed by atoms with Gasteiger partial charge in [-0.1, -0.05) is 32.0 Å². The largest absolute Gasteiger partial charge is 0.494 e. The van der Waals surface area contributed by atoms with Gasteiger partial charge in [-0.2, -0.15) is 0 Å². The highest BCUT2D eigenvalue weighted by Gasteiger charge is 2.35. The number of ether oxygens (including phenoxy) is 3. The van der Waals surface area contributed by atoms with Crippen LogP contribution >= 0.6 is 0 Å². The summed E-state index contributed by atoms with van der Waals surface area (Å²) in [7, 11) is -0.425. The Kier molecular flexibility index (Phi) is 6.94. The highest BCUT2D eigenvalue weighted by molar-refractivity contribution is 6.62. The standard InChI is InChI=1S/C24H28BNO5/c1-24(2)16-29-25(30-17-24)22-12-11-21(31-20-9-7-19(26-3)8-10-20)14-18(22)15-28-23-6-4-5-13-27-23/h7-12,14,23H,4-6,13,15-17H2,1-2H3. The van der Waals surface area contributed by atoms with Gasteiger partial charge in [0.05, 0.1) is 13.2 Å². The van der Waals surface area contributed by atoms with E-state index in [2.05, 4.69) is 18.7 Å². The predicted octanol–water partition coefficient (Wildman–Crippen LogP) is 4.84. The average molecular weight is 421 g/mol. The van der Waals surface area contributed by atoms with Crippen LogP contribution in [-0.4, -0.2) is 33.2 Å². The number of benzene rings is 2. The molecular weight excluding hydrogens is 393 g/mol. The summed E-state index contributed by atoms with van der Waals surface area (Å²) in [6.07, 6.45) is 2.93. The molecule has 0 radical (unpaired) electrons. The molecule has 1 atom stereocenters. The molecule has 0 aliphatic carbocycles. The van der Waals surface area contributed by atoms with Crippen molar-refractivity contribution in [3.8, 4) is 11.5 Å². The van der Waals surface area contributed by atoms with Gasteiger partial charge < -0.3 is 23.5 Å². The highest BCUT2D eigenvalue weighted by atomic mass is 16.7. The maximum Gasteiger partial charge on any atom is 0.494 e. The van der Waals surface area contributed by atoms with Crippen LogP contribution in [-0.2, 0) is 25.4 Å². The molecular formula is C24H28BNO5. The minimum absolute atomic E-state index is 0.00362. The highest BCUT2D eigenvalue weighted by Crippen LogP contribution is 2.27. The summed E-state index contributed by atoms with van der Waals surface area (Å²) < 4.78 is 29.8. The third-order valence-electron chi connectivity index (χ3n) is 5.38. The molecule has 2 aliphatic heterocycles. The fourth-order valence-corrected chi connectivity index (χ4v) is 3.62. The molecule has 0 spiro atoms. The zero-order valence-electron chi connectivity index (χ0n) is 18.1. The molecule has 0 bridgehead atoms. The van der Waals surface area contributed by atoms with Crippen molar-refractivity contribution in [2.75, 3.05) is 19.8 Å². The molecule has 2 aromatic rings. The van der Waals surface area contributed by atoms with E-state index in [1.54, 1.807) is 24.3 Å². The summed E-state index contributed by atoms with van der Waals surface area (Å²) in [4.78, 5) is 3.41. The molecule has 31 heavy (non-hydrogen) atoms. The third-order valence-corrected chi connectivity index (χ3v) is 5.38. The van der Waals surface area contributed by atoms with Gasteiger partial charge >= 0.3 is 7.12 Å². The summed E-state index contributed by atoms with van der Waals surface area (Å²) in [6.45, 7) is 13.7. The van der Waals surface area contributed by atoms with E-state index in [9.17, 15) is 0 Å². The monoisotopic (exact) mass is 421 g/mol. The fraction of sp³-hybridized carbons (Fsp3) is 0.458. The second-order valence-corrected chi connectivity index (χ2v) is 8.79. The van der Waals surface area contributed by atoms with Gasteiger partial charge in [-0.05, 0) is 54.6 Å². The van der Waals surface area contributed by atoms with Crippen LogP contribution in [0.4, 0.5) is 5.69 Å². The molecule has 2 heterocycles. The summed E-state index contributed by atoms with van der Waals surface area (Å²) in [5, 5.41) is 0. The topological polar surface area (TPSA) is 50.5 Å². The van der Waals surface area contributed by atoms with E-state index in [1.165, 1.54) is 0 Å². The number of rotatable bonds is 6. The van der Waals surface area contributed by atoms with Crippen molar-refractivity contribution in [1.82, 2.24) is 0 Å². The Bertz CT molecular complexity index is 909. The lowest BCUT2D eigenvalue weighted by Crippen LogP contribution is -2.48. The van der Waals surface area contributed by atoms with Crippen LogP contribution in [0.5, 0.6) is 11.5 Å². The van der Waals surface area contributed by atoms with Crippen LogP contribution in [0.15, 0.2) is 42.5 Å². The van der Waals surface area contributed by atoms with Crippen molar-refractivity contribution in [1.29, 1.82) is 0 Å². The Morgan fingerprint density at radius 1 is 1.06 bits per heavy atom. The molecule has 162 valence electrons. The Balaban J connectivity index is 1.52. The fourth-order valence-electron chi connectivity index (χ4n) is 3.62. The molecule has 0 saturated carbocycles. The lowest BCUT2D eigenvalue weighted by molar-refractivity contribution is -0.168. The van der Waals surface area contributed by atoms with Crippen molar-refractivity contribution in [3.63, 3.8) is 0 Å². The quantitative estimate of drug-likeness (QED) is 0.494. The van der Waals surface area contributed by atoms with Crippen LogP contribution in [0.25, 0.3) is 4.85 Å². The Hall–Kier alpha value is -2.37. The predicted molar refractivity (Wildman–Crippen MR) is 119 cm³/mol. The lowest BCUT2D eigenvalue weighted by Gasteiger charge is -2.33. The number of hydrogen-bond donors (Lipinski definition) is 0. The zero-order chi connectivity index (χ0) is 21.7. The Labute approximate surface area is 184 Å². The molecule has 1 unspecified atom stereocenters. The first kappa shape index (κ1) is 21.9. The van der Waals surface area contributed by atoms with Gasteiger partial charge in [0.25, 0.3) is 0 Å². The number of nitrogens with zero attached hydrogens (tertiary/aromatic N) is 1. The van der Waals surface area contributed by atoms with Gasteiger partial charge in [-0.25, -0.2) is 4.85 Å². The molecule has 2 aromatic carbocycles. The van der Waals surface area contributed by atoms with Gasteiger partial charge in [0.1, 0.15) is 11.5 Å². The van der Waals surface area contributed by atoms with Gasteiger partial charge in [0.15, 0.2) is 12.0 Å². The summed E-state index contributed by atoms with van der Waals surface area (Å²) >= 11 is 0. The molecule has 2 saturated heterocycles. The molecule has 2 fully saturated rings. The zero-order valence-corrected chi connectivity index (χ0v) is 18.1. The van der Waals surface area contributed by atoms with Crippen molar-refractivity contribution < 1.29 is 23.5 Å². The van der Waals surface area contributed by atoms with Crippen LogP contribution in [0.2, 0.25) is 0 Å². The molecule has 4 rings (SSSR count). The van der Waals surface area contributed by atoms with Gasteiger partial charge in [-0.15, -0.1) is 0 Å². The van der Waals surface area contributed by atoms with Crippen molar-refractivity contribution in [2.45, 2.75) is 46.0 Å². The summed E-state index contributed by atoms with van der Waals surface area (Å²) in [5.41, 5.74) is 2.49. The van der Waals surface area contributed by atoms with E-state index < -0.39 is 7.12 Å². The van der Waals surface area contributed by atoms with Crippen LogP contribution < -0.4 is 10.2 Å². The van der Waals surface area contributed by atoms with Gasteiger partial charge in [0.2, 0.25) is 0 Å². The maximum absolute atomic E-state index is 7.08. The van der Waals surface area contributed by atoms with E-state index in [0.29, 0.717) is 37.0 Å². The SMILES string of the molecule is [C-]#[N+]c1ccc(Oc2ccc(B3OCC(C)(C)CO3)c(COC3CCCCO3)c2)cc1. The summed E-state index contributed by atoms with van der Waals surface area (Å²) in [5.74, 6) is 1.37. The molecule has 7 heteroatoms. The Morgan fingerprint density at radius 2 is 1.81 bits per heavy atom. The van der Waals surface area contributed by atoms with E-state index in [-0.39, 0.29) is 11.7 Å². The van der Waals surface area contributed by atoms with E-state index in [1.807, 2.05) is 18.2 Å². The number of hydrogen-bond acceptors (Lipinski definition) is 5. The molecule has 0 aromatic heterocycles. The van der Waals surface area contributed by atoms with E-state index >= 15 is 0 Å². The van der Waals surface area contributed by atoms with Crippen LogP contribution in [0.3, 0.4) is 0 Å². The van der Waals surface area contributed by atoms with E-state index in [0.717, 1.165) is 36.9 Å². The first-order valence-electron chi connectivity index (χ1n) is 10.8. The van der Waals surface area contributed by atoms with Gasteiger partial charge in [-0.3, -0.25) is 0 Å². The van der Waals surface area contributed by atoms with Crippen molar-refractivity contribution >= 4 is 18.3 Å². The first-order valence-corrected chi connectivity index (χ1v) is 10.8. The molecule has 6 nitrogen and oxygen atoms in total. The maximum atomic E-state index is 7.08. The second kappa shape index (κ2) is 9.84. The van der Waals surface area contributed by atoms with E-state index in [4.69, 9.17) is 30.1 Å². The summed E-state index contributed by atoms with van der Waals surface area (Å²) in [6, 6.07) is 12.9. The molecule has 0 N–H and O–H groups in total. The second-order valence-electron chi connectivity index (χ2n) is 8.79. The van der Waals surface area contributed by atoms with Crippen LogP contribution in [0, 0.1) is 12.0 Å². The minimum atomic E-state index is -0.425. The lowest BCUT2D eigenvalue weighted by atomic mass is 9.73. The first-order chi connectivity index (χ1) is 15.0. The van der Waals surface area contributed by atoms with Crippen molar-refractivity contribution in [2.24, 2.45) is 5.41 Å². The average Bonchev–Trinajstić information content (AvgIpc) is 2.79. The normalized spacial score (nSPS) is 20.8. The van der Waals surface area contributed by atoms with Crippen LogP contribution in [0.1, 0.15) is 38.7 Å².